The molecule has 1 aliphatic heterocycles. The zero-order chi connectivity index (χ0) is 16.9. The Morgan fingerprint density at radius 3 is 2.58 bits per heavy atom. The minimum Gasteiger partial charge on any atom is -0.372 e. The van der Waals surface area contributed by atoms with Gasteiger partial charge in [-0.05, 0) is 54.8 Å². The molecule has 1 atom stereocenters. The molecule has 2 heterocycles. The Morgan fingerprint density at radius 2 is 1.96 bits per heavy atom. The molecule has 3 nitrogen and oxygen atoms in total. The first-order chi connectivity index (χ1) is 11.6. The van der Waals surface area contributed by atoms with E-state index in [4.69, 9.17) is 0 Å². The molecule has 1 aromatic heterocycles. The molecule has 1 aliphatic rings. The largest absolute Gasteiger partial charge is 0.372 e. The maximum absolute atomic E-state index is 12.1. The van der Waals surface area contributed by atoms with Crippen LogP contribution < -0.4 is 10.2 Å². The number of nitrogens with zero attached hydrogens (tertiary/aromatic N) is 1. The molecule has 0 saturated carbocycles. The Labute approximate surface area is 148 Å². The summed E-state index contributed by atoms with van der Waals surface area (Å²) in [7, 11) is 0. The second kappa shape index (κ2) is 7.84. The Kier molecular flexibility index (Phi) is 5.56. The van der Waals surface area contributed by atoms with Gasteiger partial charge in [-0.1, -0.05) is 25.1 Å². The van der Waals surface area contributed by atoms with Crippen LogP contribution in [-0.4, -0.2) is 19.0 Å². The van der Waals surface area contributed by atoms with E-state index in [2.05, 4.69) is 41.4 Å². The van der Waals surface area contributed by atoms with Gasteiger partial charge in [0.2, 0.25) is 5.91 Å². The second-order valence-corrected chi connectivity index (χ2v) is 7.84. The van der Waals surface area contributed by atoms with E-state index in [0.717, 1.165) is 29.4 Å². The summed E-state index contributed by atoms with van der Waals surface area (Å²) < 4.78 is 0. The Morgan fingerprint density at radius 1 is 1.25 bits per heavy atom. The molecule has 0 unspecified atom stereocenters. The van der Waals surface area contributed by atoms with Crippen molar-refractivity contribution >= 4 is 22.9 Å². The minimum absolute atomic E-state index is 0.0351. The molecule has 0 bridgehead atoms. The maximum atomic E-state index is 12.1. The lowest BCUT2D eigenvalue weighted by Gasteiger charge is -2.32. The number of hydrogen-bond donors (Lipinski definition) is 1. The van der Waals surface area contributed by atoms with Gasteiger partial charge < -0.3 is 10.2 Å². The lowest BCUT2D eigenvalue weighted by molar-refractivity contribution is -0.121. The fourth-order valence-electron chi connectivity index (χ4n) is 3.19. The molecule has 1 fully saturated rings. The van der Waals surface area contributed by atoms with Gasteiger partial charge in [0, 0.05) is 23.7 Å². The molecule has 3 rings (SSSR count). The SMILES string of the molecule is CC1CCN(c2ccc([C@H](C)NC(=O)Cc3cccs3)cc2)CC1. The first-order valence-corrected chi connectivity index (χ1v) is 9.66. The Bertz CT molecular complexity index is 643. The van der Waals surface area contributed by atoms with E-state index in [-0.39, 0.29) is 11.9 Å². The summed E-state index contributed by atoms with van der Waals surface area (Å²) in [4.78, 5) is 15.7. The van der Waals surface area contributed by atoms with Crippen molar-refractivity contribution in [1.29, 1.82) is 0 Å². The highest BCUT2D eigenvalue weighted by Gasteiger charge is 2.16. The van der Waals surface area contributed by atoms with Gasteiger partial charge >= 0.3 is 0 Å². The number of benzene rings is 1. The first kappa shape index (κ1) is 17.0. The normalized spacial score (nSPS) is 16.8. The summed E-state index contributed by atoms with van der Waals surface area (Å²) in [5.41, 5.74) is 2.45. The molecule has 128 valence electrons. The van der Waals surface area contributed by atoms with E-state index in [9.17, 15) is 4.79 Å². The van der Waals surface area contributed by atoms with Crippen LogP contribution in [0.2, 0.25) is 0 Å². The number of hydrogen-bond acceptors (Lipinski definition) is 3. The third-order valence-corrected chi connectivity index (χ3v) is 5.71. The maximum Gasteiger partial charge on any atom is 0.225 e. The number of amides is 1. The van der Waals surface area contributed by atoms with Crippen molar-refractivity contribution in [3.8, 4) is 0 Å². The molecular formula is C20H26N2OS. The fourth-order valence-corrected chi connectivity index (χ4v) is 3.89. The van der Waals surface area contributed by atoms with Crippen molar-refractivity contribution in [1.82, 2.24) is 5.32 Å². The molecule has 1 saturated heterocycles. The van der Waals surface area contributed by atoms with E-state index in [1.807, 2.05) is 24.4 Å². The van der Waals surface area contributed by atoms with Gasteiger partial charge in [0.1, 0.15) is 0 Å². The number of thiophene rings is 1. The number of rotatable bonds is 5. The van der Waals surface area contributed by atoms with Gasteiger partial charge in [-0.2, -0.15) is 0 Å². The van der Waals surface area contributed by atoms with Crippen LogP contribution in [0.5, 0.6) is 0 Å². The number of anilines is 1. The van der Waals surface area contributed by atoms with Crippen LogP contribution in [0.15, 0.2) is 41.8 Å². The van der Waals surface area contributed by atoms with E-state index in [1.165, 1.54) is 18.5 Å². The molecular weight excluding hydrogens is 316 g/mol. The molecule has 2 aromatic rings. The smallest absolute Gasteiger partial charge is 0.225 e. The second-order valence-electron chi connectivity index (χ2n) is 6.81. The van der Waals surface area contributed by atoms with Crippen molar-refractivity contribution in [2.24, 2.45) is 5.92 Å². The molecule has 0 aliphatic carbocycles. The van der Waals surface area contributed by atoms with Crippen molar-refractivity contribution < 1.29 is 4.79 Å². The zero-order valence-electron chi connectivity index (χ0n) is 14.5. The molecule has 1 amide bonds. The molecule has 24 heavy (non-hydrogen) atoms. The zero-order valence-corrected chi connectivity index (χ0v) is 15.3. The van der Waals surface area contributed by atoms with Gasteiger partial charge in [-0.25, -0.2) is 0 Å². The molecule has 1 N–H and O–H groups in total. The van der Waals surface area contributed by atoms with E-state index in [1.54, 1.807) is 11.3 Å². The van der Waals surface area contributed by atoms with Crippen molar-refractivity contribution in [2.75, 3.05) is 18.0 Å². The van der Waals surface area contributed by atoms with Crippen molar-refractivity contribution in [2.45, 2.75) is 39.2 Å². The number of carbonyl (C=O) groups is 1. The molecule has 1 aromatic carbocycles. The Hall–Kier alpha value is -1.81. The highest BCUT2D eigenvalue weighted by molar-refractivity contribution is 7.10. The predicted molar refractivity (Wildman–Crippen MR) is 102 cm³/mol. The van der Waals surface area contributed by atoms with Crippen molar-refractivity contribution in [3.63, 3.8) is 0 Å². The standard InChI is InChI=1S/C20H26N2OS/c1-15-9-11-22(12-10-15)18-7-5-17(6-8-18)16(2)21-20(23)14-19-4-3-13-24-19/h3-8,13,15-16H,9-12,14H2,1-2H3,(H,21,23)/t16-/m0/s1. The van der Waals surface area contributed by atoms with Crippen molar-refractivity contribution in [3.05, 3.63) is 52.2 Å². The molecule has 0 spiro atoms. The lowest BCUT2D eigenvalue weighted by Crippen LogP contribution is -2.32. The van der Waals surface area contributed by atoms with Gasteiger partial charge in [0.15, 0.2) is 0 Å². The van der Waals surface area contributed by atoms with Crippen LogP contribution in [-0.2, 0) is 11.2 Å². The lowest BCUT2D eigenvalue weighted by atomic mass is 9.98. The summed E-state index contributed by atoms with van der Waals surface area (Å²) in [6.45, 7) is 6.67. The van der Waals surface area contributed by atoms with E-state index < -0.39 is 0 Å². The first-order valence-electron chi connectivity index (χ1n) is 8.78. The van der Waals surface area contributed by atoms with Gasteiger partial charge in [-0.3, -0.25) is 4.79 Å². The summed E-state index contributed by atoms with van der Waals surface area (Å²) in [6, 6.07) is 12.7. The summed E-state index contributed by atoms with van der Waals surface area (Å²) in [5, 5.41) is 5.10. The number of piperidine rings is 1. The summed E-state index contributed by atoms with van der Waals surface area (Å²) >= 11 is 1.63. The van der Waals surface area contributed by atoms with Gasteiger partial charge in [-0.15, -0.1) is 11.3 Å². The highest BCUT2D eigenvalue weighted by Crippen LogP contribution is 2.24. The third-order valence-electron chi connectivity index (χ3n) is 4.83. The fraction of sp³-hybridized carbons (Fsp3) is 0.450. The summed E-state index contributed by atoms with van der Waals surface area (Å²) in [6.07, 6.45) is 3.01. The Balaban J connectivity index is 1.55. The highest BCUT2D eigenvalue weighted by atomic mass is 32.1. The average Bonchev–Trinajstić information content (AvgIpc) is 3.08. The van der Waals surface area contributed by atoms with Gasteiger partial charge in [0.05, 0.1) is 12.5 Å². The molecule has 0 radical (unpaired) electrons. The topological polar surface area (TPSA) is 32.3 Å². The van der Waals surface area contributed by atoms with Gasteiger partial charge in [0.25, 0.3) is 0 Å². The summed E-state index contributed by atoms with van der Waals surface area (Å²) in [5.74, 6) is 0.929. The van der Waals surface area contributed by atoms with Crippen LogP contribution in [0.1, 0.15) is 43.2 Å². The van der Waals surface area contributed by atoms with Crippen LogP contribution >= 0.6 is 11.3 Å². The monoisotopic (exact) mass is 342 g/mol. The van der Waals surface area contributed by atoms with E-state index >= 15 is 0 Å². The molecule has 4 heteroatoms. The van der Waals surface area contributed by atoms with Crippen LogP contribution in [0.25, 0.3) is 0 Å². The quantitative estimate of drug-likeness (QED) is 0.873. The predicted octanol–water partition coefficient (Wildman–Crippen LogP) is 4.40. The average molecular weight is 343 g/mol. The van der Waals surface area contributed by atoms with Crippen LogP contribution in [0.3, 0.4) is 0 Å². The minimum atomic E-state index is 0.0351. The van der Waals surface area contributed by atoms with Crippen LogP contribution in [0, 0.1) is 5.92 Å². The third kappa shape index (κ3) is 4.38. The van der Waals surface area contributed by atoms with E-state index in [0.29, 0.717) is 6.42 Å². The van der Waals surface area contributed by atoms with Crippen LogP contribution in [0.4, 0.5) is 5.69 Å². The number of nitrogens with one attached hydrogen (secondary N) is 1. The number of carbonyl (C=O) groups excluding carboxylic acids is 1.